The summed E-state index contributed by atoms with van der Waals surface area (Å²) in [7, 11) is 1.36. The Morgan fingerprint density at radius 1 is 1.24 bits per heavy atom. The van der Waals surface area contributed by atoms with Crippen LogP contribution in [0, 0.1) is 5.92 Å². The first-order chi connectivity index (χ1) is 10.1. The van der Waals surface area contributed by atoms with E-state index in [-0.39, 0.29) is 5.97 Å². The summed E-state index contributed by atoms with van der Waals surface area (Å²) < 4.78 is 15.7. The maximum atomic E-state index is 11.4. The lowest BCUT2D eigenvalue weighted by atomic mass is 10.2. The molecule has 0 saturated heterocycles. The zero-order chi connectivity index (χ0) is 15.5. The summed E-state index contributed by atoms with van der Waals surface area (Å²) in [5, 5.41) is 3.30. The topological polar surface area (TPSA) is 56.8 Å². The van der Waals surface area contributed by atoms with Gasteiger partial charge in [-0.15, -0.1) is 0 Å². The molecule has 1 aromatic rings. The highest BCUT2D eigenvalue weighted by Gasteiger charge is 2.05. The van der Waals surface area contributed by atoms with Crippen molar-refractivity contribution in [3.63, 3.8) is 0 Å². The molecule has 1 rings (SSSR count). The fraction of sp³-hybridized carbons (Fsp3) is 0.562. The molecule has 5 heteroatoms. The first-order valence-electron chi connectivity index (χ1n) is 7.23. The fourth-order valence-corrected chi connectivity index (χ4v) is 1.69. The molecule has 0 fully saturated rings. The van der Waals surface area contributed by atoms with Crippen molar-refractivity contribution in [2.75, 3.05) is 40.0 Å². The van der Waals surface area contributed by atoms with Crippen LogP contribution in [-0.2, 0) is 9.47 Å². The number of carbonyl (C=O) groups excluding carboxylic acids is 1. The maximum absolute atomic E-state index is 11.4. The van der Waals surface area contributed by atoms with Crippen LogP contribution in [-0.4, -0.2) is 46.0 Å². The van der Waals surface area contributed by atoms with Gasteiger partial charge in [-0.25, -0.2) is 4.79 Å². The minimum absolute atomic E-state index is 0.368. The smallest absolute Gasteiger partial charge is 0.337 e. The Hall–Kier alpha value is -1.59. The van der Waals surface area contributed by atoms with Crippen molar-refractivity contribution in [1.29, 1.82) is 0 Å². The Bertz CT molecular complexity index is 420. The Balaban J connectivity index is 2.14. The average Bonchev–Trinajstić information content (AvgIpc) is 2.49. The lowest BCUT2D eigenvalue weighted by molar-refractivity contribution is 0.0600. The summed E-state index contributed by atoms with van der Waals surface area (Å²) in [6.07, 6.45) is 0. The normalized spacial score (nSPS) is 10.7. The van der Waals surface area contributed by atoms with Crippen molar-refractivity contribution < 1.29 is 19.0 Å². The van der Waals surface area contributed by atoms with E-state index in [1.807, 2.05) is 0 Å². The van der Waals surface area contributed by atoms with Crippen LogP contribution in [0.25, 0.3) is 0 Å². The Morgan fingerprint density at radius 3 is 2.76 bits per heavy atom. The monoisotopic (exact) mass is 295 g/mol. The van der Waals surface area contributed by atoms with Crippen LogP contribution in [0.1, 0.15) is 24.2 Å². The number of benzene rings is 1. The van der Waals surface area contributed by atoms with Gasteiger partial charge in [0.1, 0.15) is 12.4 Å². The Kier molecular flexibility index (Phi) is 8.47. The second-order valence-electron chi connectivity index (χ2n) is 5.08. The summed E-state index contributed by atoms with van der Waals surface area (Å²) in [6.45, 7) is 7.82. The van der Waals surface area contributed by atoms with E-state index in [4.69, 9.17) is 9.47 Å². The van der Waals surface area contributed by atoms with Gasteiger partial charge in [0.15, 0.2) is 0 Å². The number of hydrogen-bond acceptors (Lipinski definition) is 5. The molecular weight excluding hydrogens is 270 g/mol. The van der Waals surface area contributed by atoms with Gasteiger partial charge < -0.3 is 19.5 Å². The predicted octanol–water partition coefficient (Wildman–Crippen LogP) is 2.11. The summed E-state index contributed by atoms with van der Waals surface area (Å²) in [5.41, 5.74) is 0.480. The molecule has 0 aromatic heterocycles. The largest absolute Gasteiger partial charge is 0.491 e. The first kappa shape index (κ1) is 17.5. The van der Waals surface area contributed by atoms with Crippen molar-refractivity contribution in [3.05, 3.63) is 29.8 Å². The highest BCUT2D eigenvalue weighted by atomic mass is 16.5. The number of hydrogen-bond donors (Lipinski definition) is 1. The summed E-state index contributed by atoms with van der Waals surface area (Å²) in [4.78, 5) is 11.4. The second-order valence-corrected chi connectivity index (χ2v) is 5.08. The zero-order valence-corrected chi connectivity index (χ0v) is 13.1. The molecule has 0 atom stereocenters. The summed E-state index contributed by atoms with van der Waals surface area (Å²) >= 11 is 0. The molecule has 0 amide bonds. The first-order valence-corrected chi connectivity index (χ1v) is 7.23. The van der Waals surface area contributed by atoms with Gasteiger partial charge in [0.05, 0.1) is 25.9 Å². The lowest BCUT2D eigenvalue weighted by Gasteiger charge is -2.09. The van der Waals surface area contributed by atoms with Gasteiger partial charge in [0.2, 0.25) is 0 Å². The van der Waals surface area contributed by atoms with E-state index in [0.717, 1.165) is 13.1 Å². The van der Waals surface area contributed by atoms with E-state index >= 15 is 0 Å². The van der Waals surface area contributed by atoms with Crippen LogP contribution in [0.3, 0.4) is 0 Å². The highest BCUT2D eigenvalue weighted by molar-refractivity contribution is 5.89. The van der Waals surface area contributed by atoms with Crippen LogP contribution in [0.5, 0.6) is 5.75 Å². The minimum atomic E-state index is -0.368. The van der Waals surface area contributed by atoms with Gasteiger partial charge in [0, 0.05) is 6.54 Å². The molecule has 0 aliphatic heterocycles. The predicted molar refractivity (Wildman–Crippen MR) is 81.8 cm³/mol. The van der Waals surface area contributed by atoms with Gasteiger partial charge >= 0.3 is 5.97 Å². The number of esters is 1. The quantitative estimate of drug-likeness (QED) is 0.529. The number of nitrogens with one attached hydrogen (secondary N) is 1. The van der Waals surface area contributed by atoms with E-state index in [1.54, 1.807) is 24.3 Å². The molecule has 0 heterocycles. The molecule has 0 aliphatic carbocycles. The van der Waals surface area contributed by atoms with Gasteiger partial charge in [-0.2, -0.15) is 0 Å². The Labute approximate surface area is 126 Å². The van der Waals surface area contributed by atoms with Crippen LogP contribution >= 0.6 is 0 Å². The van der Waals surface area contributed by atoms with Crippen molar-refractivity contribution in [2.45, 2.75) is 13.8 Å². The van der Waals surface area contributed by atoms with Crippen LogP contribution in [0.2, 0.25) is 0 Å². The number of rotatable bonds is 10. The van der Waals surface area contributed by atoms with E-state index in [0.29, 0.717) is 37.1 Å². The number of methoxy groups -OCH3 is 1. The number of carbonyl (C=O) groups is 1. The van der Waals surface area contributed by atoms with Crippen molar-refractivity contribution in [3.8, 4) is 5.75 Å². The van der Waals surface area contributed by atoms with Gasteiger partial charge in [-0.3, -0.25) is 0 Å². The molecule has 5 nitrogen and oxygen atoms in total. The number of ether oxygens (including phenoxy) is 3. The van der Waals surface area contributed by atoms with Crippen LogP contribution < -0.4 is 10.1 Å². The molecule has 0 spiro atoms. The van der Waals surface area contributed by atoms with Gasteiger partial charge in [-0.1, -0.05) is 19.9 Å². The summed E-state index contributed by atoms with van der Waals surface area (Å²) in [5.74, 6) is 0.919. The molecule has 0 radical (unpaired) electrons. The molecule has 1 aromatic carbocycles. The third-order valence-corrected chi connectivity index (χ3v) is 2.73. The van der Waals surface area contributed by atoms with Crippen molar-refractivity contribution in [2.24, 2.45) is 5.92 Å². The standard InChI is InChI=1S/C16H25NO4/c1-13(2)12-17-7-8-20-9-10-21-15-6-4-5-14(11-15)16(18)19-3/h4-6,11,13,17H,7-10,12H2,1-3H3. The molecular formula is C16H25NO4. The van der Waals surface area contributed by atoms with Gasteiger partial charge in [0.25, 0.3) is 0 Å². The third kappa shape index (κ3) is 7.68. The summed E-state index contributed by atoms with van der Waals surface area (Å²) in [6, 6.07) is 6.92. The lowest BCUT2D eigenvalue weighted by Crippen LogP contribution is -2.24. The van der Waals surface area contributed by atoms with Gasteiger partial charge in [-0.05, 0) is 30.7 Å². The van der Waals surface area contributed by atoms with Crippen LogP contribution in [0.4, 0.5) is 0 Å². The average molecular weight is 295 g/mol. The third-order valence-electron chi connectivity index (χ3n) is 2.73. The van der Waals surface area contributed by atoms with E-state index < -0.39 is 0 Å². The molecule has 118 valence electrons. The molecule has 0 saturated carbocycles. The Morgan fingerprint density at radius 2 is 2.05 bits per heavy atom. The van der Waals surface area contributed by atoms with E-state index in [9.17, 15) is 4.79 Å². The van der Waals surface area contributed by atoms with E-state index in [2.05, 4.69) is 23.9 Å². The van der Waals surface area contributed by atoms with Crippen molar-refractivity contribution in [1.82, 2.24) is 5.32 Å². The molecule has 0 unspecified atom stereocenters. The zero-order valence-electron chi connectivity index (χ0n) is 13.1. The molecule has 0 bridgehead atoms. The van der Waals surface area contributed by atoms with Crippen molar-refractivity contribution >= 4 is 5.97 Å². The highest BCUT2D eigenvalue weighted by Crippen LogP contribution is 2.13. The fourth-order valence-electron chi connectivity index (χ4n) is 1.69. The molecule has 21 heavy (non-hydrogen) atoms. The molecule has 0 aliphatic rings. The maximum Gasteiger partial charge on any atom is 0.337 e. The second kappa shape index (κ2) is 10.2. The molecule has 1 N–H and O–H groups in total. The SMILES string of the molecule is COC(=O)c1cccc(OCCOCCNCC(C)C)c1. The minimum Gasteiger partial charge on any atom is -0.491 e. The van der Waals surface area contributed by atoms with E-state index in [1.165, 1.54) is 7.11 Å². The van der Waals surface area contributed by atoms with Crippen LogP contribution in [0.15, 0.2) is 24.3 Å².